The van der Waals surface area contributed by atoms with Crippen LogP contribution in [0.5, 0.6) is 0 Å². The monoisotopic (exact) mass is 463 g/mol. The van der Waals surface area contributed by atoms with Crippen molar-refractivity contribution in [3.05, 3.63) is 41.2 Å². The van der Waals surface area contributed by atoms with Crippen LogP contribution in [0.1, 0.15) is 49.1 Å². The highest BCUT2D eigenvalue weighted by Gasteiger charge is 2.45. The zero-order valence-corrected chi connectivity index (χ0v) is 19.3. The lowest BCUT2D eigenvalue weighted by atomic mass is 9.98. The second-order valence-corrected chi connectivity index (χ2v) is 10.2. The van der Waals surface area contributed by atoms with E-state index < -0.39 is 5.54 Å². The first kappa shape index (κ1) is 20.2. The first-order valence-corrected chi connectivity index (χ1v) is 12.0. The van der Waals surface area contributed by atoms with E-state index in [0.29, 0.717) is 35.9 Å². The van der Waals surface area contributed by atoms with Gasteiger partial charge in [0.05, 0.1) is 0 Å². The van der Waals surface area contributed by atoms with Gasteiger partial charge in [-0.15, -0.1) is 11.3 Å². The van der Waals surface area contributed by atoms with E-state index in [1.54, 1.807) is 6.20 Å². The van der Waals surface area contributed by atoms with Gasteiger partial charge in [0, 0.05) is 41.5 Å². The van der Waals surface area contributed by atoms with Crippen LogP contribution in [-0.4, -0.2) is 47.5 Å². The maximum atomic E-state index is 13.3. The van der Waals surface area contributed by atoms with Crippen molar-refractivity contribution in [2.24, 2.45) is 0 Å². The van der Waals surface area contributed by atoms with E-state index in [0.717, 1.165) is 28.5 Å². The zero-order valence-electron chi connectivity index (χ0n) is 18.5. The molecule has 1 saturated carbocycles. The SMILES string of the molecule is Cc1cnc(NC(=O)C2(C)CCCN2c2nc(Nc3cc(C4CC4)[nH]n3)n3cccc3n2)s1. The molecule has 1 unspecified atom stereocenters. The zero-order chi connectivity index (χ0) is 22.6. The Morgan fingerprint density at radius 3 is 3.00 bits per heavy atom. The standard InChI is InChI=1S/C22H25N9OS/c1-13-12-23-21(33-13)26-18(32)22(2)8-4-10-31(22)20-25-17-5-3-9-30(17)19(27-20)24-16-11-15(28-29-16)14-6-7-14/h3,5,9,11-12,14H,4,6-8,10H2,1-2H3,(H,23,26,32)(H2,24,25,27,28,29). The lowest BCUT2D eigenvalue weighted by molar-refractivity contribution is -0.120. The third kappa shape index (κ3) is 3.62. The molecule has 0 bridgehead atoms. The normalized spacial score (nSPS) is 20.5. The largest absolute Gasteiger partial charge is 0.326 e. The van der Waals surface area contributed by atoms with Crippen molar-refractivity contribution in [3.63, 3.8) is 0 Å². The first-order chi connectivity index (χ1) is 16.0. The molecule has 170 valence electrons. The van der Waals surface area contributed by atoms with Crippen LogP contribution in [0.2, 0.25) is 0 Å². The molecule has 2 aliphatic rings. The summed E-state index contributed by atoms with van der Waals surface area (Å²) in [5, 5.41) is 14.5. The Morgan fingerprint density at radius 2 is 2.21 bits per heavy atom. The van der Waals surface area contributed by atoms with E-state index in [1.807, 2.05) is 47.5 Å². The fourth-order valence-electron chi connectivity index (χ4n) is 4.41. The number of aromatic amines is 1. The summed E-state index contributed by atoms with van der Waals surface area (Å²) in [5.41, 5.74) is 1.13. The highest BCUT2D eigenvalue weighted by Crippen LogP contribution is 2.40. The topological polar surface area (TPSA) is 116 Å². The van der Waals surface area contributed by atoms with Crippen LogP contribution >= 0.6 is 11.3 Å². The van der Waals surface area contributed by atoms with Crippen molar-refractivity contribution in [1.82, 2.24) is 29.5 Å². The molecule has 4 aromatic heterocycles. The number of rotatable bonds is 6. The number of H-pyrrole nitrogens is 1. The minimum absolute atomic E-state index is 0.0934. The van der Waals surface area contributed by atoms with Gasteiger partial charge in [0.15, 0.2) is 10.9 Å². The Hall–Kier alpha value is -3.47. The molecule has 1 saturated heterocycles. The minimum Gasteiger partial charge on any atom is -0.326 e. The molecule has 0 spiro atoms. The number of aromatic nitrogens is 6. The van der Waals surface area contributed by atoms with Crippen LogP contribution in [0, 0.1) is 6.92 Å². The van der Waals surface area contributed by atoms with Crippen LogP contribution < -0.4 is 15.5 Å². The summed E-state index contributed by atoms with van der Waals surface area (Å²) in [6, 6.07) is 5.90. The fraction of sp³-hybridized carbons (Fsp3) is 0.409. The summed E-state index contributed by atoms with van der Waals surface area (Å²) in [5.74, 6) is 2.35. The number of carbonyl (C=O) groups excluding carboxylic acids is 1. The number of carbonyl (C=O) groups is 1. The molecule has 6 rings (SSSR count). The summed E-state index contributed by atoms with van der Waals surface area (Å²) in [4.78, 5) is 30.3. The molecule has 1 aliphatic heterocycles. The van der Waals surface area contributed by atoms with Gasteiger partial charge >= 0.3 is 0 Å². The van der Waals surface area contributed by atoms with Gasteiger partial charge in [0.25, 0.3) is 5.91 Å². The summed E-state index contributed by atoms with van der Waals surface area (Å²) in [6.07, 6.45) is 7.68. The summed E-state index contributed by atoms with van der Waals surface area (Å²) in [7, 11) is 0. The molecule has 3 N–H and O–H groups in total. The Balaban J connectivity index is 1.32. The van der Waals surface area contributed by atoms with Gasteiger partial charge in [0.2, 0.25) is 11.9 Å². The lowest BCUT2D eigenvalue weighted by Crippen LogP contribution is -2.51. The molecule has 1 aliphatic carbocycles. The molecular formula is C22H25N9OS. The first-order valence-electron chi connectivity index (χ1n) is 11.2. The molecule has 0 radical (unpaired) electrons. The van der Waals surface area contributed by atoms with E-state index in [-0.39, 0.29) is 5.91 Å². The third-order valence-electron chi connectivity index (χ3n) is 6.44. The van der Waals surface area contributed by atoms with Crippen LogP contribution in [0.15, 0.2) is 30.6 Å². The van der Waals surface area contributed by atoms with Gasteiger partial charge in [-0.1, -0.05) is 0 Å². The molecule has 5 heterocycles. The van der Waals surface area contributed by atoms with Crippen LogP contribution in [0.4, 0.5) is 22.8 Å². The van der Waals surface area contributed by atoms with Crippen molar-refractivity contribution in [1.29, 1.82) is 0 Å². The minimum atomic E-state index is -0.771. The Kier molecular flexibility index (Phi) is 4.61. The van der Waals surface area contributed by atoms with E-state index in [9.17, 15) is 4.79 Å². The number of hydrogen-bond acceptors (Lipinski definition) is 8. The Bertz CT molecular complexity index is 1340. The number of anilines is 4. The van der Waals surface area contributed by atoms with Crippen LogP contribution in [-0.2, 0) is 4.79 Å². The van der Waals surface area contributed by atoms with E-state index in [1.165, 1.54) is 24.2 Å². The van der Waals surface area contributed by atoms with Crippen molar-refractivity contribution in [2.45, 2.75) is 51.0 Å². The number of fused-ring (bicyclic) bond motifs is 1. The van der Waals surface area contributed by atoms with Gasteiger partial charge in [0.1, 0.15) is 11.2 Å². The molecular weight excluding hydrogens is 438 g/mol. The molecule has 1 atom stereocenters. The fourth-order valence-corrected chi connectivity index (χ4v) is 5.07. The molecule has 4 aromatic rings. The second-order valence-electron chi connectivity index (χ2n) is 8.95. The van der Waals surface area contributed by atoms with Gasteiger partial charge in [-0.25, -0.2) is 4.98 Å². The summed E-state index contributed by atoms with van der Waals surface area (Å²) < 4.78 is 1.89. The predicted octanol–water partition coefficient (Wildman–Crippen LogP) is 3.84. The van der Waals surface area contributed by atoms with Crippen molar-refractivity contribution in [2.75, 3.05) is 22.1 Å². The van der Waals surface area contributed by atoms with Crippen LogP contribution in [0.3, 0.4) is 0 Å². The van der Waals surface area contributed by atoms with Gasteiger partial charge in [-0.05, 0) is 51.7 Å². The van der Waals surface area contributed by atoms with Gasteiger partial charge in [-0.3, -0.25) is 19.6 Å². The number of hydrogen-bond donors (Lipinski definition) is 3. The molecule has 11 heteroatoms. The van der Waals surface area contributed by atoms with Gasteiger partial charge in [-0.2, -0.15) is 15.1 Å². The van der Waals surface area contributed by atoms with E-state index >= 15 is 0 Å². The molecule has 2 fully saturated rings. The maximum absolute atomic E-state index is 13.3. The number of nitrogens with zero attached hydrogens (tertiary/aromatic N) is 6. The number of nitrogens with one attached hydrogen (secondary N) is 3. The quantitative estimate of drug-likeness (QED) is 0.398. The van der Waals surface area contributed by atoms with Gasteiger partial charge < -0.3 is 10.2 Å². The number of thiazole rings is 1. The smallest absolute Gasteiger partial charge is 0.251 e. The predicted molar refractivity (Wildman–Crippen MR) is 127 cm³/mol. The Morgan fingerprint density at radius 1 is 1.33 bits per heavy atom. The van der Waals surface area contributed by atoms with Crippen LogP contribution in [0.25, 0.3) is 5.65 Å². The molecule has 0 aromatic carbocycles. The van der Waals surface area contributed by atoms with Crippen molar-refractivity contribution >= 4 is 45.7 Å². The average Bonchev–Trinajstić information content (AvgIpc) is 3.17. The maximum Gasteiger partial charge on any atom is 0.251 e. The Labute approximate surface area is 194 Å². The van der Waals surface area contributed by atoms with Crippen molar-refractivity contribution in [3.8, 4) is 0 Å². The van der Waals surface area contributed by atoms with Crippen molar-refractivity contribution < 1.29 is 4.79 Å². The third-order valence-corrected chi connectivity index (χ3v) is 7.27. The second kappa shape index (κ2) is 7.55. The highest BCUT2D eigenvalue weighted by molar-refractivity contribution is 7.15. The molecule has 1 amide bonds. The highest BCUT2D eigenvalue weighted by atomic mass is 32.1. The summed E-state index contributed by atoms with van der Waals surface area (Å²) in [6.45, 7) is 4.62. The molecule has 33 heavy (non-hydrogen) atoms. The number of aryl methyl sites for hydroxylation is 1. The molecule has 10 nitrogen and oxygen atoms in total. The lowest BCUT2D eigenvalue weighted by Gasteiger charge is -2.33. The summed E-state index contributed by atoms with van der Waals surface area (Å²) >= 11 is 1.47. The van der Waals surface area contributed by atoms with E-state index in [4.69, 9.17) is 9.97 Å². The average molecular weight is 464 g/mol. The number of amides is 1. The van der Waals surface area contributed by atoms with E-state index in [2.05, 4.69) is 25.8 Å².